The van der Waals surface area contributed by atoms with E-state index in [9.17, 15) is 13.6 Å². The minimum absolute atomic E-state index is 0.000901. The summed E-state index contributed by atoms with van der Waals surface area (Å²) in [5, 5.41) is 11.3. The molecule has 0 aromatic heterocycles. The molecule has 0 aliphatic heterocycles. The molecule has 2 amide bonds. The molecule has 128 valence electrons. The molecule has 0 heterocycles. The molecule has 7 heteroatoms. The number of nitrogens with one attached hydrogen (secondary N) is 1. The molecule has 2 rings (SSSR count). The van der Waals surface area contributed by atoms with Gasteiger partial charge < -0.3 is 20.1 Å². The summed E-state index contributed by atoms with van der Waals surface area (Å²) in [4.78, 5) is 13.0. The van der Waals surface area contributed by atoms with E-state index in [-0.39, 0.29) is 37.0 Å². The van der Waals surface area contributed by atoms with Crippen LogP contribution in [0.5, 0.6) is 5.75 Å². The molecule has 0 spiro atoms. The smallest absolute Gasteiger partial charge is 0.321 e. The van der Waals surface area contributed by atoms with Crippen molar-refractivity contribution in [2.75, 3.05) is 25.5 Å². The van der Waals surface area contributed by atoms with Gasteiger partial charge in [-0.1, -0.05) is 12.1 Å². The van der Waals surface area contributed by atoms with Crippen LogP contribution in [0.25, 0.3) is 0 Å². The van der Waals surface area contributed by atoms with Gasteiger partial charge in [0, 0.05) is 25.3 Å². The second-order valence-electron chi connectivity index (χ2n) is 5.14. The molecular weight excluding hydrogens is 318 g/mol. The first-order chi connectivity index (χ1) is 11.5. The van der Waals surface area contributed by atoms with Crippen molar-refractivity contribution in [2.24, 2.45) is 0 Å². The Balaban J connectivity index is 1.98. The van der Waals surface area contributed by atoms with Crippen LogP contribution in [0.1, 0.15) is 5.56 Å². The third-order valence-corrected chi connectivity index (χ3v) is 3.25. The third-order valence-electron chi connectivity index (χ3n) is 3.25. The summed E-state index contributed by atoms with van der Waals surface area (Å²) in [7, 11) is 1.51. The molecule has 0 saturated heterocycles. The van der Waals surface area contributed by atoms with Gasteiger partial charge in [-0.3, -0.25) is 0 Å². The molecule has 0 unspecified atom stereocenters. The Labute approximate surface area is 138 Å². The molecular formula is C17H18F2N2O3. The van der Waals surface area contributed by atoms with Gasteiger partial charge in [0.25, 0.3) is 0 Å². The minimum atomic E-state index is -0.644. The van der Waals surface area contributed by atoms with E-state index < -0.39 is 11.8 Å². The second kappa shape index (κ2) is 8.26. The number of amides is 2. The predicted octanol–water partition coefficient (Wildman–Crippen LogP) is 3.00. The first kappa shape index (κ1) is 17.7. The van der Waals surface area contributed by atoms with E-state index in [2.05, 4.69) is 5.32 Å². The van der Waals surface area contributed by atoms with Crippen molar-refractivity contribution in [3.63, 3.8) is 0 Å². The van der Waals surface area contributed by atoms with E-state index in [1.807, 2.05) is 0 Å². The Morgan fingerprint density at radius 3 is 2.71 bits per heavy atom. The highest BCUT2D eigenvalue weighted by Crippen LogP contribution is 2.22. The zero-order valence-electron chi connectivity index (χ0n) is 13.1. The fraction of sp³-hybridized carbons (Fsp3) is 0.235. The number of rotatable bonds is 6. The molecule has 0 aliphatic rings. The van der Waals surface area contributed by atoms with Crippen molar-refractivity contribution in [3.8, 4) is 5.75 Å². The molecule has 0 aliphatic carbocycles. The molecule has 2 aromatic rings. The topological polar surface area (TPSA) is 61.8 Å². The summed E-state index contributed by atoms with van der Waals surface area (Å²) in [6, 6.07) is 9.39. The van der Waals surface area contributed by atoms with E-state index in [4.69, 9.17) is 9.84 Å². The maximum atomic E-state index is 14.0. The summed E-state index contributed by atoms with van der Waals surface area (Å²) < 4.78 is 32.4. The van der Waals surface area contributed by atoms with Gasteiger partial charge in [-0.05, 0) is 29.8 Å². The van der Waals surface area contributed by atoms with E-state index in [1.165, 1.54) is 36.2 Å². The first-order valence-corrected chi connectivity index (χ1v) is 7.29. The van der Waals surface area contributed by atoms with E-state index >= 15 is 0 Å². The van der Waals surface area contributed by atoms with Crippen LogP contribution in [0.2, 0.25) is 0 Å². The minimum Gasteiger partial charge on any atom is -0.486 e. The molecule has 0 fully saturated rings. The van der Waals surface area contributed by atoms with Crippen molar-refractivity contribution in [2.45, 2.75) is 6.61 Å². The van der Waals surface area contributed by atoms with Crippen LogP contribution < -0.4 is 10.1 Å². The maximum absolute atomic E-state index is 14.0. The number of hydrogen-bond donors (Lipinski definition) is 2. The number of likely N-dealkylation sites (N-methyl/N-ethyl adjacent to an activating group) is 1. The highest BCUT2D eigenvalue weighted by atomic mass is 19.1. The van der Waals surface area contributed by atoms with Gasteiger partial charge in [-0.2, -0.15) is 0 Å². The molecule has 0 saturated carbocycles. The monoisotopic (exact) mass is 336 g/mol. The number of anilines is 1. The van der Waals surface area contributed by atoms with Crippen LogP contribution in [-0.2, 0) is 6.61 Å². The summed E-state index contributed by atoms with van der Waals surface area (Å²) in [6.07, 6.45) is 0. The largest absolute Gasteiger partial charge is 0.486 e. The Bertz CT molecular complexity index is 710. The van der Waals surface area contributed by atoms with Crippen molar-refractivity contribution in [3.05, 3.63) is 59.7 Å². The Kier molecular flexibility index (Phi) is 6.08. The number of ether oxygens (including phenoxy) is 1. The van der Waals surface area contributed by atoms with Crippen molar-refractivity contribution < 1.29 is 23.4 Å². The van der Waals surface area contributed by atoms with Crippen molar-refractivity contribution in [1.29, 1.82) is 0 Å². The van der Waals surface area contributed by atoms with Gasteiger partial charge in [-0.25, -0.2) is 13.6 Å². The van der Waals surface area contributed by atoms with Crippen LogP contribution in [0, 0.1) is 11.6 Å². The average Bonchev–Trinajstić information content (AvgIpc) is 2.54. The summed E-state index contributed by atoms with van der Waals surface area (Å²) in [6.45, 7) is 0.0356. The third kappa shape index (κ3) is 4.92. The van der Waals surface area contributed by atoms with Crippen LogP contribution in [-0.4, -0.2) is 36.2 Å². The van der Waals surface area contributed by atoms with Gasteiger partial charge in [0.2, 0.25) is 0 Å². The second-order valence-corrected chi connectivity index (χ2v) is 5.14. The van der Waals surface area contributed by atoms with Gasteiger partial charge >= 0.3 is 6.03 Å². The number of aliphatic hydroxyl groups is 1. The van der Waals surface area contributed by atoms with Gasteiger partial charge in [0.15, 0.2) is 11.6 Å². The number of carbonyl (C=O) groups is 1. The zero-order valence-corrected chi connectivity index (χ0v) is 13.1. The van der Waals surface area contributed by atoms with Crippen molar-refractivity contribution >= 4 is 11.7 Å². The molecule has 0 atom stereocenters. The summed E-state index contributed by atoms with van der Waals surface area (Å²) in [5.41, 5.74) is 0.845. The lowest BCUT2D eigenvalue weighted by Crippen LogP contribution is -2.33. The van der Waals surface area contributed by atoms with Crippen LogP contribution in [0.15, 0.2) is 42.5 Å². The number of halogens is 2. The summed E-state index contributed by atoms with van der Waals surface area (Å²) in [5.74, 6) is -1.03. The molecule has 0 bridgehead atoms. The highest BCUT2D eigenvalue weighted by Gasteiger charge is 2.10. The molecule has 24 heavy (non-hydrogen) atoms. The fourth-order valence-electron chi connectivity index (χ4n) is 1.95. The van der Waals surface area contributed by atoms with Crippen LogP contribution >= 0.6 is 0 Å². The highest BCUT2D eigenvalue weighted by molar-refractivity contribution is 5.89. The fourth-order valence-corrected chi connectivity index (χ4v) is 1.95. The van der Waals surface area contributed by atoms with Crippen molar-refractivity contribution in [1.82, 2.24) is 4.90 Å². The number of hydrogen-bond acceptors (Lipinski definition) is 3. The molecule has 0 radical (unpaired) electrons. The van der Waals surface area contributed by atoms with Crippen LogP contribution in [0.4, 0.5) is 19.3 Å². The molecule has 2 aromatic carbocycles. The lowest BCUT2D eigenvalue weighted by atomic mass is 10.2. The maximum Gasteiger partial charge on any atom is 0.321 e. The van der Waals surface area contributed by atoms with E-state index in [0.717, 1.165) is 6.07 Å². The average molecular weight is 336 g/mol. The Morgan fingerprint density at radius 1 is 1.25 bits per heavy atom. The summed E-state index contributed by atoms with van der Waals surface area (Å²) >= 11 is 0. The Morgan fingerprint density at radius 2 is 2.04 bits per heavy atom. The Hall–Kier alpha value is -2.67. The number of carbonyl (C=O) groups excluding carboxylic acids is 1. The van der Waals surface area contributed by atoms with Gasteiger partial charge in [0.05, 0.1) is 6.61 Å². The first-order valence-electron chi connectivity index (χ1n) is 7.29. The number of aliphatic hydroxyl groups excluding tert-OH is 1. The van der Waals surface area contributed by atoms with E-state index in [0.29, 0.717) is 5.56 Å². The van der Waals surface area contributed by atoms with E-state index in [1.54, 1.807) is 12.1 Å². The SMILES string of the molecule is CN(CCO)C(=O)Nc1ccc(OCc2cccc(F)c2)c(F)c1. The van der Waals surface area contributed by atoms with Gasteiger partial charge in [0.1, 0.15) is 12.4 Å². The number of benzene rings is 2. The lowest BCUT2D eigenvalue weighted by Gasteiger charge is -2.17. The standard InChI is InChI=1S/C17H18F2N2O3/c1-21(7-8-22)17(23)20-14-5-6-16(15(19)10-14)24-11-12-3-2-4-13(18)9-12/h2-6,9-10,22H,7-8,11H2,1H3,(H,20,23). The molecule has 2 N–H and O–H groups in total. The zero-order chi connectivity index (χ0) is 17.5. The lowest BCUT2D eigenvalue weighted by molar-refractivity contribution is 0.202. The predicted molar refractivity (Wildman–Crippen MR) is 85.9 cm³/mol. The van der Waals surface area contributed by atoms with Gasteiger partial charge in [-0.15, -0.1) is 0 Å². The number of nitrogens with zero attached hydrogens (tertiary/aromatic N) is 1. The normalized spacial score (nSPS) is 10.3. The quantitative estimate of drug-likeness (QED) is 0.852. The molecule has 5 nitrogen and oxygen atoms in total. The van der Waals surface area contributed by atoms with Crippen LogP contribution in [0.3, 0.4) is 0 Å². The number of urea groups is 1.